The molecule has 0 radical (unpaired) electrons. The van der Waals surface area contributed by atoms with Gasteiger partial charge in [-0.3, -0.25) is 0 Å². The van der Waals surface area contributed by atoms with Gasteiger partial charge in [-0.2, -0.15) is 0 Å². The van der Waals surface area contributed by atoms with Crippen LogP contribution in [0.25, 0.3) is 0 Å². The third kappa shape index (κ3) is 4.09. The van der Waals surface area contributed by atoms with Crippen LogP contribution >= 0.6 is 0 Å². The van der Waals surface area contributed by atoms with Crippen molar-refractivity contribution >= 4 is 0 Å². The Kier molecular flexibility index (Phi) is 5.10. The van der Waals surface area contributed by atoms with Crippen LogP contribution in [-0.4, -0.2) is 6.61 Å². The van der Waals surface area contributed by atoms with Crippen LogP contribution in [0.4, 0.5) is 0 Å². The highest BCUT2D eigenvalue weighted by Crippen LogP contribution is 2.24. The number of allylic oxidation sites excluding steroid dienone is 2. The summed E-state index contributed by atoms with van der Waals surface area (Å²) in [5.41, 5.74) is 4.08. The van der Waals surface area contributed by atoms with Gasteiger partial charge in [-0.05, 0) is 52.2 Å². The fourth-order valence-electron chi connectivity index (χ4n) is 1.49. The van der Waals surface area contributed by atoms with Crippen molar-refractivity contribution in [3.63, 3.8) is 0 Å². The van der Waals surface area contributed by atoms with Crippen molar-refractivity contribution in [1.82, 2.24) is 0 Å². The second-order valence-electron chi connectivity index (χ2n) is 4.43. The van der Waals surface area contributed by atoms with E-state index in [1.54, 1.807) is 0 Å². The van der Waals surface area contributed by atoms with Crippen LogP contribution in [0.15, 0.2) is 29.8 Å². The van der Waals surface area contributed by atoms with Crippen LogP contribution in [0.1, 0.15) is 38.3 Å². The number of ether oxygens (including phenoxy) is 1. The average molecular weight is 218 g/mol. The minimum Gasteiger partial charge on any atom is -0.493 e. The Labute approximate surface area is 99.1 Å². The lowest BCUT2D eigenvalue weighted by molar-refractivity contribution is 0.288. The van der Waals surface area contributed by atoms with E-state index < -0.39 is 0 Å². The van der Waals surface area contributed by atoms with E-state index in [1.165, 1.54) is 23.1 Å². The average Bonchev–Trinajstić information content (AvgIpc) is 2.29. The summed E-state index contributed by atoms with van der Waals surface area (Å²) >= 11 is 0. The van der Waals surface area contributed by atoms with Gasteiger partial charge >= 0.3 is 0 Å². The molecule has 1 aliphatic heterocycles. The first-order valence-electron chi connectivity index (χ1n) is 5.95. The van der Waals surface area contributed by atoms with Crippen molar-refractivity contribution in [2.24, 2.45) is 0 Å². The van der Waals surface area contributed by atoms with E-state index in [1.807, 2.05) is 6.92 Å². The number of rotatable bonds is 0. The summed E-state index contributed by atoms with van der Waals surface area (Å²) < 4.78 is 5.48. The second-order valence-corrected chi connectivity index (χ2v) is 4.43. The molecule has 0 saturated carbocycles. The van der Waals surface area contributed by atoms with E-state index in [9.17, 15) is 0 Å². The van der Waals surface area contributed by atoms with Gasteiger partial charge in [0.1, 0.15) is 5.75 Å². The molecule has 16 heavy (non-hydrogen) atoms. The monoisotopic (exact) mass is 218 g/mol. The quantitative estimate of drug-likeness (QED) is 0.590. The third-order valence-corrected chi connectivity index (χ3v) is 2.64. The highest BCUT2D eigenvalue weighted by molar-refractivity contribution is 5.37. The van der Waals surface area contributed by atoms with E-state index in [-0.39, 0.29) is 0 Å². The first-order valence-corrected chi connectivity index (χ1v) is 5.95. The fourth-order valence-corrected chi connectivity index (χ4v) is 1.49. The van der Waals surface area contributed by atoms with E-state index in [0.29, 0.717) is 0 Å². The second kappa shape index (κ2) is 6.37. The lowest BCUT2D eigenvalue weighted by atomic mass is 10.0. The topological polar surface area (TPSA) is 9.23 Å². The zero-order chi connectivity index (χ0) is 12.0. The number of benzene rings is 1. The Balaban J connectivity index is 0.000000221. The van der Waals surface area contributed by atoms with Gasteiger partial charge < -0.3 is 4.74 Å². The van der Waals surface area contributed by atoms with Crippen LogP contribution in [0.5, 0.6) is 5.75 Å². The van der Waals surface area contributed by atoms with Gasteiger partial charge in [-0.1, -0.05) is 29.3 Å². The van der Waals surface area contributed by atoms with Crippen LogP contribution in [0.3, 0.4) is 0 Å². The SMILES string of the molecule is CC=C(C)C.Cc1ccc2c(c1)CCCO2. The molecule has 1 nitrogen and oxygen atoms in total. The molecule has 0 fully saturated rings. The minimum atomic E-state index is 0.885. The number of hydrogen-bond donors (Lipinski definition) is 0. The van der Waals surface area contributed by atoms with Crippen molar-refractivity contribution in [2.75, 3.05) is 6.61 Å². The van der Waals surface area contributed by atoms with Crippen LogP contribution in [0.2, 0.25) is 0 Å². The molecular formula is C15H22O. The Morgan fingerprint density at radius 3 is 2.62 bits per heavy atom. The summed E-state index contributed by atoms with van der Waals surface area (Å²) in [7, 11) is 0. The van der Waals surface area contributed by atoms with E-state index in [4.69, 9.17) is 4.74 Å². The Bertz CT molecular complexity index is 360. The largest absolute Gasteiger partial charge is 0.493 e. The summed E-state index contributed by atoms with van der Waals surface area (Å²) in [4.78, 5) is 0. The zero-order valence-corrected chi connectivity index (χ0v) is 10.8. The molecule has 1 heterocycles. The van der Waals surface area contributed by atoms with E-state index in [2.05, 4.69) is 45.0 Å². The molecule has 0 amide bonds. The maximum atomic E-state index is 5.48. The third-order valence-electron chi connectivity index (χ3n) is 2.64. The predicted molar refractivity (Wildman–Crippen MR) is 70.1 cm³/mol. The molecular weight excluding hydrogens is 196 g/mol. The normalized spacial score (nSPS) is 12.8. The smallest absolute Gasteiger partial charge is 0.122 e. The summed E-state index contributed by atoms with van der Waals surface area (Å²) in [6, 6.07) is 6.39. The van der Waals surface area contributed by atoms with Crippen LogP contribution < -0.4 is 4.74 Å². The molecule has 0 aliphatic carbocycles. The maximum absolute atomic E-state index is 5.48. The van der Waals surface area contributed by atoms with Gasteiger partial charge in [-0.15, -0.1) is 0 Å². The molecule has 0 N–H and O–H groups in total. The van der Waals surface area contributed by atoms with E-state index >= 15 is 0 Å². The molecule has 0 bridgehead atoms. The number of hydrogen-bond acceptors (Lipinski definition) is 1. The molecule has 0 unspecified atom stereocenters. The maximum Gasteiger partial charge on any atom is 0.122 e. The first kappa shape index (κ1) is 12.8. The van der Waals surface area contributed by atoms with Gasteiger partial charge in [-0.25, -0.2) is 0 Å². The summed E-state index contributed by atoms with van der Waals surface area (Å²) in [6.45, 7) is 9.21. The summed E-state index contributed by atoms with van der Waals surface area (Å²) in [6.07, 6.45) is 4.42. The van der Waals surface area contributed by atoms with Crippen molar-refractivity contribution < 1.29 is 4.74 Å². The standard InChI is InChI=1S/C10H12O.C5H10/c1-8-4-5-10-9(7-8)3-2-6-11-10;1-4-5(2)3/h4-5,7H,2-3,6H2,1H3;4H,1-3H3. The lowest BCUT2D eigenvalue weighted by Gasteiger charge is -2.16. The summed E-state index contributed by atoms with van der Waals surface area (Å²) in [5.74, 6) is 1.09. The molecule has 0 aromatic heterocycles. The molecule has 0 atom stereocenters. The van der Waals surface area contributed by atoms with Gasteiger partial charge in [0.25, 0.3) is 0 Å². The molecule has 2 rings (SSSR count). The van der Waals surface area contributed by atoms with Gasteiger partial charge in [0, 0.05) is 0 Å². The number of aryl methyl sites for hydroxylation is 2. The molecule has 0 spiro atoms. The van der Waals surface area contributed by atoms with Crippen LogP contribution in [-0.2, 0) is 6.42 Å². The van der Waals surface area contributed by atoms with Gasteiger partial charge in [0.15, 0.2) is 0 Å². The predicted octanol–water partition coefficient (Wildman–Crippen LogP) is 4.29. The van der Waals surface area contributed by atoms with Crippen LogP contribution in [0, 0.1) is 6.92 Å². The number of fused-ring (bicyclic) bond motifs is 1. The Hall–Kier alpha value is -1.24. The molecule has 1 aromatic rings. The zero-order valence-electron chi connectivity index (χ0n) is 10.8. The molecule has 1 heteroatoms. The van der Waals surface area contributed by atoms with Crippen molar-refractivity contribution in [3.8, 4) is 5.75 Å². The highest BCUT2D eigenvalue weighted by atomic mass is 16.5. The van der Waals surface area contributed by atoms with Gasteiger partial charge in [0.2, 0.25) is 0 Å². The first-order chi connectivity index (χ1) is 7.63. The Morgan fingerprint density at radius 2 is 2.00 bits per heavy atom. The molecule has 1 aromatic carbocycles. The molecule has 0 saturated heterocycles. The molecule has 1 aliphatic rings. The highest BCUT2D eigenvalue weighted by Gasteiger charge is 2.08. The molecule has 88 valence electrons. The lowest BCUT2D eigenvalue weighted by Crippen LogP contribution is -2.07. The summed E-state index contributed by atoms with van der Waals surface area (Å²) in [5, 5.41) is 0. The van der Waals surface area contributed by atoms with Crippen molar-refractivity contribution in [1.29, 1.82) is 0 Å². The fraction of sp³-hybridized carbons (Fsp3) is 0.467. The van der Waals surface area contributed by atoms with Gasteiger partial charge in [0.05, 0.1) is 6.61 Å². The van der Waals surface area contributed by atoms with E-state index in [0.717, 1.165) is 18.8 Å². The van der Waals surface area contributed by atoms with Crippen molar-refractivity contribution in [3.05, 3.63) is 41.0 Å². The minimum absolute atomic E-state index is 0.885. The van der Waals surface area contributed by atoms with Crippen molar-refractivity contribution in [2.45, 2.75) is 40.5 Å². The Morgan fingerprint density at radius 1 is 1.31 bits per heavy atom.